The maximum absolute atomic E-state index is 14.5. The monoisotopic (exact) mass is 427 g/mol. The molecule has 0 radical (unpaired) electrons. The molecule has 1 aromatic carbocycles. The quantitative estimate of drug-likeness (QED) is 0.772. The Bertz CT molecular complexity index is 1060. The maximum Gasteiger partial charge on any atom is 0.269 e. The van der Waals surface area contributed by atoms with Crippen LogP contribution in [0.3, 0.4) is 0 Å². The lowest BCUT2D eigenvalue weighted by atomic mass is 9.99. The molecule has 1 aromatic heterocycles. The third-order valence-corrected chi connectivity index (χ3v) is 5.92. The SMILES string of the molecule is CCC(=O)N1CCN(C(=O)c2cc(Cc3n[nH]c(=O)c4c3NCCC4)ccc2F)CC1. The molecule has 3 heterocycles. The van der Waals surface area contributed by atoms with E-state index in [9.17, 15) is 18.8 Å². The molecule has 2 amide bonds. The fourth-order valence-corrected chi connectivity index (χ4v) is 4.18. The van der Waals surface area contributed by atoms with Crippen LogP contribution in [-0.4, -0.2) is 64.5 Å². The molecule has 0 aliphatic carbocycles. The van der Waals surface area contributed by atoms with Gasteiger partial charge < -0.3 is 15.1 Å². The highest BCUT2D eigenvalue weighted by Gasteiger charge is 2.26. The Morgan fingerprint density at radius 1 is 1.16 bits per heavy atom. The summed E-state index contributed by atoms with van der Waals surface area (Å²) >= 11 is 0. The van der Waals surface area contributed by atoms with E-state index in [4.69, 9.17) is 0 Å². The summed E-state index contributed by atoms with van der Waals surface area (Å²) in [6.07, 6.45) is 2.37. The summed E-state index contributed by atoms with van der Waals surface area (Å²) in [6, 6.07) is 4.49. The molecule has 2 aliphatic heterocycles. The molecule has 0 saturated carbocycles. The number of aromatic amines is 1. The summed E-state index contributed by atoms with van der Waals surface area (Å²) < 4.78 is 14.5. The Labute approximate surface area is 179 Å². The molecule has 0 unspecified atom stereocenters. The van der Waals surface area contributed by atoms with Crippen LogP contribution in [0, 0.1) is 5.82 Å². The zero-order valence-electron chi connectivity index (χ0n) is 17.5. The number of piperazine rings is 1. The van der Waals surface area contributed by atoms with E-state index in [1.165, 1.54) is 6.07 Å². The zero-order valence-corrected chi connectivity index (χ0v) is 17.5. The first-order chi connectivity index (χ1) is 15.0. The van der Waals surface area contributed by atoms with Gasteiger partial charge in [-0.3, -0.25) is 14.4 Å². The molecule has 2 aromatic rings. The lowest BCUT2D eigenvalue weighted by Gasteiger charge is -2.34. The summed E-state index contributed by atoms with van der Waals surface area (Å²) in [5, 5.41) is 9.97. The smallest absolute Gasteiger partial charge is 0.269 e. The van der Waals surface area contributed by atoms with Crippen molar-refractivity contribution in [3.05, 3.63) is 56.8 Å². The number of H-pyrrole nitrogens is 1. The predicted molar refractivity (Wildman–Crippen MR) is 114 cm³/mol. The molecule has 1 saturated heterocycles. The third kappa shape index (κ3) is 4.30. The fraction of sp³-hybridized carbons (Fsp3) is 0.455. The van der Waals surface area contributed by atoms with Gasteiger partial charge in [-0.05, 0) is 30.5 Å². The predicted octanol–water partition coefficient (Wildman–Crippen LogP) is 1.55. The van der Waals surface area contributed by atoms with Crippen molar-refractivity contribution in [2.45, 2.75) is 32.6 Å². The molecule has 9 heteroatoms. The van der Waals surface area contributed by atoms with Crippen LogP contribution in [0.2, 0.25) is 0 Å². The van der Waals surface area contributed by atoms with E-state index in [-0.39, 0.29) is 22.9 Å². The Morgan fingerprint density at radius 2 is 1.90 bits per heavy atom. The van der Waals surface area contributed by atoms with Crippen LogP contribution >= 0.6 is 0 Å². The number of hydrogen-bond acceptors (Lipinski definition) is 5. The molecular formula is C22H26FN5O3. The van der Waals surface area contributed by atoms with Gasteiger partial charge in [0.25, 0.3) is 11.5 Å². The van der Waals surface area contributed by atoms with E-state index in [2.05, 4.69) is 15.5 Å². The average molecular weight is 427 g/mol. The van der Waals surface area contributed by atoms with Gasteiger partial charge in [-0.15, -0.1) is 0 Å². The number of rotatable bonds is 4. The summed E-state index contributed by atoms with van der Waals surface area (Å²) in [4.78, 5) is 40.1. The van der Waals surface area contributed by atoms with Crippen LogP contribution in [0.15, 0.2) is 23.0 Å². The van der Waals surface area contributed by atoms with Crippen LogP contribution in [0.1, 0.15) is 46.9 Å². The van der Waals surface area contributed by atoms with Gasteiger partial charge in [0, 0.05) is 51.1 Å². The second-order valence-corrected chi connectivity index (χ2v) is 7.90. The molecule has 31 heavy (non-hydrogen) atoms. The lowest BCUT2D eigenvalue weighted by molar-refractivity contribution is -0.132. The minimum atomic E-state index is -0.574. The van der Waals surface area contributed by atoms with Crippen molar-refractivity contribution in [3.8, 4) is 0 Å². The summed E-state index contributed by atoms with van der Waals surface area (Å²) in [5.41, 5.74) is 2.66. The molecule has 1 fully saturated rings. The number of fused-ring (bicyclic) bond motifs is 1. The fourth-order valence-electron chi connectivity index (χ4n) is 4.18. The minimum absolute atomic E-state index is 0.0130. The molecule has 0 bridgehead atoms. The number of nitrogens with zero attached hydrogens (tertiary/aromatic N) is 3. The highest BCUT2D eigenvalue weighted by molar-refractivity contribution is 5.95. The van der Waals surface area contributed by atoms with E-state index in [0.717, 1.165) is 24.2 Å². The van der Waals surface area contributed by atoms with E-state index in [1.807, 2.05) is 6.92 Å². The average Bonchev–Trinajstić information content (AvgIpc) is 2.81. The van der Waals surface area contributed by atoms with Gasteiger partial charge >= 0.3 is 0 Å². The number of nitrogens with one attached hydrogen (secondary N) is 2. The van der Waals surface area contributed by atoms with Gasteiger partial charge in [0.15, 0.2) is 0 Å². The van der Waals surface area contributed by atoms with Crippen LogP contribution < -0.4 is 10.9 Å². The van der Waals surface area contributed by atoms with Crippen molar-refractivity contribution in [1.82, 2.24) is 20.0 Å². The summed E-state index contributed by atoms with van der Waals surface area (Å²) in [5.74, 6) is -0.890. The number of benzene rings is 1. The number of halogens is 1. The molecule has 164 valence electrons. The highest BCUT2D eigenvalue weighted by Crippen LogP contribution is 2.24. The van der Waals surface area contributed by atoms with E-state index < -0.39 is 5.82 Å². The molecule has 8 nitrogen and oxygen atoms in total. The van der Waals surface area contributed by atoms with Gasteiger partial charge in [-0.25, -0.2) is 9.49 Å². The largest absolute Gasteiger partial charge is 0.383 e. The van der Waals surface area contributed by atoms with Crippen molar-refractivity contribution in [2.24, 2.45) is 0 Å². The minimum Gasteiger partial charge on any atom is -0.383 e. The first-order valence-electron chi connectivity index (χ1n) is 10.7. The zero-order chi connectivity index (χ0) is 22.0. The number of amides is 2. The van der Waals surface area contributed by atoms with Crippen LogP contribution in [0.25, 0.3) is 0 Å². The van der Waals surface area contributed by atoms with E-state index in [1.54, 1.807) is 21.9 Å². The molecule has 0 atom stereocenters. The van der Waals surface area contributed by atoms with E-state index >= 15 is 0 Å². The second-order valence-electron chi connectivity index (χ2n) is 7.90. The van der Waals surface area contributed by atoms with E-state index in [0.29, 0.717) is 56.7 Å². The molecule has 2 N–H and O–H groups in total. The van der Waals surface area contributed by atoms with Gasteiger partial charge in [-0.1, -0.05) is 13.0 Å². The van der Waals surface area contributed by atoms with Crippen LogP contribution in [-0.2, 0) is 17.6 Å². The first kappa shape index (κ1) is 21.0. The molecule has 4 rings (SSSR count). The topological polar surface area (TPSA) is 98.4 Å². The lowest BCUT2D eigenvalue weighted by Crippen LogP contribution is -2.50. The standard InChI is InChI=1S/C22H26FN5O3/c1-2-19(29)27-8-10-28(11-9-27)22(31)16-12-14(5-6-17(16)23)13-18-20-15(4-3-7-24-20)21(30)26-25-18/h5-6,12,24H,2-4,7-11,13H2,1H3,(H,26,30). The summed E-state index contributed by atoms with van der Waals surface area (Å²) in [7, 11) is 0. The van der Waals surface area contributed by atoms with Gasteiger partial charge in [0.2, 0.25) is 5.91 Å². The van der Waals surface area contributed by atoms with Gasteiger partial charge in [-0.2, -0.15) is 5.10 Å². The second kappa shape index (κ2) is 8.87. The van der Waals surface area contributed by atoms with Crippen LogP contribution in [0.5, 0.6) is 0 Å². The molecular weight excluding hydrogens is 401 g/mol. The van der Waals surface area contributed by atoms with Gasteiger partial charge in [0.05, 0.1) is 16.9 Å². The Morgan fingerprint density at radius 3 is 2.65 bits per heavy atom. The number of anilines is 1. The van der Waals surface area contributed by atoms with Gasteiger partial charge in [0.1, 0.15) is 5.82 Å². The Hall–Kier alpha value is -3.23. The molecule has 0 spiro atoms. The maximum atomic E-state index is 14.5. The normalized spacial score (nSPS) is 15.9. The van der Waals surface area contributed by atoms with Crippen molar-refractivity contribution in [2.75, 3.05) is 38.0 Å². The highest BCUT2D eigenvalue weighted by atomic mass is 19.1. The Kier molecular flexibility index (Phi) is 6.01. The molecule has 2 aliphatic rings. The van der Waals surface area contributed by atoms with Crippen molar-refractivity contribution < 1.29 is 14.0 Å². The third-order valence-electron chi connectivity index (χ3n) is 5.92. The van der Waals surface area contributed by atoms with Crippen molar-refractivity contribution in [1.29, 1.82) is 0 Å². The number of carbonyl (C=O) groups is 2. The summed E-state index contributed by atoms with van der Waals surface area (Å²) in [6.45, 7) is 4.26. The first-order valence-corrected chi connectivity index (χ1v) is 10.7. The van der Waals surface area contributed by atoms with Crippen LogP contribution in [0.4, 0.5) is 10.1 Å². The number of carbonyl (C=O) groups excluding carboxylic acids is 2. The number of aromatic nitrogens is 2. The van der Waals surface area contributed by atoms with Crippen molar-refractivity contribution >= 4 is 17.5 Å². The Balaban J connectivity index is 1.53. The van der Waals surface area contributed by atoms with Crippen molar-refractivity contribution in [3.63, 3.8) is 0 Å². The number of hydrogen-bond donors (Lipinski definition) is 2.